The second-order valence-corrected chi connectivity index (χ2v) is 11.1. The molecule has 0 saturated carbocycles. The Labute approximate surface area is 184 Å². The van der Waals surface area contributed by atoms with E-state index in [0.29, 0.717) is 18.7 Å². The molecule has 1 aliphatic rings. The molecule has 1 aliphatic heterocycles. The first-order chi connectivity index (χ1) is 14.6. The number of hydrogen-bond acceptors (Lipinski definition) is 6. The largest absolute Gasteiger partial charge is 0.399 e. The highest BCUT2D eigenvalue weighted by Crippen LogP contribution is 2.35. The minimum atomic E-state index is -2.89. The number of aromatic nitrogens is 2. The van der Waals surface area contributed by atoms with Crippen molar-refractivity contribution in [2.24, 2.45) is 0 Å². The molecule has 2 heterocycles. The molecule has 31 heavy (non-hydrogen) atoms. The predicted octanol–water partition coefficient (Wildman–Crippen LogP) is 4.60. The number of nitrogen functional groups attached to an aromatic ring is 1. The third-order valence-corrected chi connectivity index (χ3v) is 7.84. The topological polar surface area (TPSA) is 98.0 Å². The first-order valence-corrected chi connectivity index (χ1v) is 12.6. The van der Waals surface area contributed by atoms with Crippen LogP contribution in [0.4, 0.5) is 11.5 Å². The van der Waals surface area contributed by atoms with Crippen molar-refractivity contribution in [3.05, 3.63) is 58.4 Å². The van der Waals surface area contributed by atoms with Crippen molar-refractivity contribution in [2.75, 3.05) is 22.6 Å². The Kier molecular flexibility index (Phi) is 5.64. The van der Waals surface area contributed by atoms with Crippen molar-refractivity contribution >= 4 is 32.2 Å². The van der Waals surface area contributed by atoms with Gasteiger partial charge in [-0.3, -0.25) is 0 Å². The van der Waals surface area contributed by atoms with Crippen molar-refractivity contribution in [2.45, 2.75) is 52.5 Å². The van der Waals surface area contributed by atoms with E-state index < -0.39 is 9.84 Å². The zero-order valence-corrected chi connectivity index (χ0v) is 19.4. The number of nitrogens with one attached hydrogen (secondary N) is 1. The van der Waals surface area contributed by atoms with Crippen molar-refractivity contribution in [3.8, 4) is 0 Å². The van der Waals surface area contributed by atoms with Gasteiger partial charge in [0.2, 0.25) is 0 Å². The minimum absolute atomic E-state index is 0.0171. The Balaban J connectivity index is 1.73. The summed E-state index contributed by atoms with van der Waals surface area (Å²) in [5, 5.41) is 4.54. The van der Waals surface area contributed by atoms with Gasteiger partial charge in [-0.1, -0.05) is 12.1 Å². The summed E-state index contributed by atoms with van der Waals surface area (Å²) >= 11 is 0. The van der Waals surface area contributed by atoms with Crippen LogP contribution in [0, 0.1) is 20.8 Å². The number of benzene rings is 2. The van der Waals surface area contributed by atoms with E-state index in [-0.39, 0.29) is 23.5 Å². The lowest BCUT2D eigenvalue weighted by Gasteiger charge is -2.24. The maximum atomic E-state index is 11.9. The van der Waals surface area contributed by atoms with E-state index in [1.165, 1.54) is 5.56 Å². The first-order valence-electron chi connectivity index (χ1n) is 10.7. The van der Waals surface area contributed by atoms with E-state index >= 15 is 0 Å². The number of nitrogens with two attached hydrogens (primary N) is 1. The number of sulfone groups is 1. The van der Waals surface area contributed by atoms with Crippen LogP contribution in [0.15, 0.2) is 30.3 Å². The van der Waals surface area contributed by atoms with Crippen molar-refractivity contribution in [1.29, 1.82) is 0 Å². The van der Waals surface area contributed by atoms with Gasteiger partial charge in [-0.2, -0.15) is 0 Å². The average Bonchev–Trinajstić information content (AvgIpc) is 2.68. The van der Waals surface area contributed by atoms with Crippen LogP contribution in [0.25, 0.3) is 10.9 Å². The van der Waals surface area contributed by atoms with Gasteiger partial charge in [0.15, 0.2) is 0 Å². The van der Waals surface area contributed by atoms with E-state index in [9.17, 15) is 8.42 Å². The highest BCUT2D eigenvalue weighted by atomic mass is 32.2. The third-order valence-electron chi connectivity index (χ3n) is 6.13. The normalized spacial score (nSPS) is 17.5. The second kappa shape index (κ2) is 8.11. The molecule has 6 nitrogen and oxygen atoms in total. The van der Waals surface area contributed by atoms with E-state index in [1.54, 1.807) is 0 Å². The number of fused-ring (bicyclic) bond motifs is 1. The molecule has 1 atom stereocenters. The van der Waals surface area contributed by atoms with Crippen LogP contribution >= 0.6 is 0 Å². The van der Waals surface area contributed by atoms with Crippen LogP contribution in [-0.4, -0.2) is 29.9 Å². The Morgan fingerprint density at radius 2 is 1.74 bits per heavy atom. The summed E-state index contributed by atoms with van der Waals surface area (Å²) in [5.41, 5.74) is 12.2. The Morgan fingerprint density at radius 3 is 2.42 bits per heavy atom. The number of anilines is 2. The maximum Gasteiger partial charge on any atom is 0.150 e. The summed E-state index contributed by atoms with van der Waals surface area (Å²) in [6, 6.07) is 10.4. The highest BCUT2D eigenvalue weighted by Gasteiger charge is 2.25. The summed E-state index contributed by atoms with van der Waals surface area (Å²) in [7, 11) is -2.89. The molecular weight excluding hydrogens is 408 g/mol. The van der Waals surface area contributed by atoms with Crippen molar-refractivity contribution in [3.63, 3.8) is 0 Å². The van der Waals surface area contributed by atoms with E-state index in [2.05, 4.69) is 42.3 Å². The lowest BCUT2D eigenvalue weighted by atomic mass is 9.91. The van der Waals surface area contributed by atoms with E-state index in [1.807, 2.05) is 26.0 Å². The predicted molar refractivity (Wildman–Crippen MR) is 127 cm³/mol. The van der Waals surface area contributed by atoms with Gasteiger partial charge in [-0.05, 0) is 86.9 Å². The fourth-order valence-electron chi connectivity index (χ4n) is 4.50. The zero-order valence-electron chi connectivity index (χ0n) is 18.6. The van der Waals surface area contributed by atoms with Gasteiger partial charge in [-0.15, -0.1) is 0 Å². The molecule has 0 amide bonds. The number of nitrogens with zero attached hydrogens (tertiary/aromatic N) is 2. The smallest absolute Gasteiger partial charge is 0.150 e. The fourth-order valence-corrected chi connectivity index (χ4v) is 5.99. The van der Waals surface area contributed by atoms with Crippen LogP contribution < -0.4 is 11.1 Å². The summed E-state index contributed by atoms with van der Waals surface area (Å²) in [6.45, 7) is 8.10. The molecule has 0 aliphatic carbocycles. The lowest BCUT2D eigenvalue weighted by molar-refractivity contribution is 0.550. The van der Waals surface area contributed by atoms with E-state index in [0.717, 1.165) is 39.1 Å². The van der Waals surface area contributed by atoms with Crippen molar-refractivity contribution in [1.82, 2.24) is 9.97 Å². The monoisotopic (exact) mass is 438 g/mol. The number of rotatable bonds is 4. The fraction of sp³-hybridized carbons (Fsp3) is 0.417. The molecule has 0 radical (unpaired) electrons. The Bertz CT molecular complexity index is 1220. The molecule has 0 spiro atoms. The van der Waals surface area contributed by atoms with Crippen LogP contribution in [0.5, 0.6) is 0 Å². The highest BCUT2D eigenvalue weighted by molar-refractivity contribution is 7.91. The molecule has 164 valence electrons. The minimum Gasteiger partial charge on any atom is -0.399 e. The zero-order chi connectivity index (χ0) is 22.3. The summed E-state index contributed by atoms with van der Waals surface area (Å²) in [6.07, 6.45) is 1.34. The van der Waals surface area contributed by atoms with Crippen molar-refractivity contribution < 1.29 is 8.42 Å². The molecule has 2 aromatic carbocycles. The van der Waals surface area contributed by atoms with Crippen LogP contribution in [-0.2, 0) is 9.84 Å². The third kappa shape index (κ3) is 4.66. The van der Waals surface area contributed by atoms with Crippen LogP contribution in [0.2, 0.25) is 0 Å². The molecule has 1 fully saturated rings. The Morgan fingerprint density at radius 1 is 1.03 bits per heavy atom. The summed E-state index contributed by atoms with van der Waals surface area (Å²) < 4.78 is 23.7. The van der Waals surface area contributed by atoms with Gasteiger partial charge in [0.05, 0.1) is 23.1 Å². The molecular formula is C24H30N4O2S. The second-order valence-electron chi connectivity index (χ2n) is 8.82. The Hall–Kier alpha value is -2.67. The maximum absolute atomic E-state index is 11.9. The molecule has 0 bridgehead atoms. The van der Waals surface area contributed by atoms with Gasteiger partial charge < -0.3 is 11.1 Å². The quantitative estimate of drug-likeness (QED) is 0.578. The lowest BCUT2D eigenvalue weighted by Crippen LogP contribution is -2.22. The number of aryl methyl sites for hydroxylation is 3. The molecule has 0 unspecified atom stereocenters. The molecule has 7 heteroatoms. The first kappa shape index (κ1) is 21.6. The summed E-state index contributed by atoms with van der Waals surface area (Å²) in [4.78, 5) is 9.40. The summed E-state index contributed by atoms with van der Waals surface area (Å²) in [5.74, 6) is 2.27. The molecule has 3 aromatic rings. The van der Waals surface area contributed by atoms with Gasteiger partial charge in [0.1, 0.15) is 21.5 Å². The molecule has 1 saturated heterocycles. The SMILES string of the molecule is Cc1cc(N)cc([C@H](C)Nc2nc(C)nc3c(C)cc(C4CCS(=O)(=O)CC4)cc23)c1. The van der Waals surface area contributed by atoms with Gasteiger partial charge in [0, 0.05) is 11.1 Å². The van der Waals surface area contributed by atoms with Crippen LogP contribution in [0.1, 0.15) is 59.8 Å². The van der Waals surface area contributed by atoms with Gasteiger partial charge in [0.25, 0.3) is 0 Å². The molecule has 1 aromatic heterocycles. The standard InChI is InChI=1S/C24H30N4O2S/c1-14-9-19(12-21(25)10-14)16(3)26-24-22-13-20(18-5-7-31(29,30)8-6-18)11-15(2)23(22)27-17(4)28-24/h9-13,16,18H,5-8,25H2,1-4H3,(H,26,27,28)/t16-/m0/s1. The molecule has 4 rings (SSSR count). The average molecular weight is 439 g/mol. The van der Waals surface area contributed by atoms with Crippen LogP contribution in [0.3, 0.4) is 0 Å². The van der Waals surface area contributed by atoms with Gasteiger partial charge >= 0.3 is 0 Å². The number of hydrogen-bond donors (Lipinski definition) is 2. The van der Waals surface area contributed by atoms with E-state index in [4.69, 9.17) is 10.7 Å². The molecule has 3 N–H and O–H groups in total. The van der Waals surface area contributed by atoms with Gasteiger partial charge in [-0.25, -0.2) is 18.4 Å².